The van der Waals surface area contributed by atoms with Crippen molar-refractivity contribution in [1.29, 1.82) is 0 Å². The molecule has 0 saturated heterocycles. The first-order valence-corrected chi connectivity index (χ1v) is 6.47. The molecule has 0 radical (unpaired) electrons. The summed E-state index contributed by atoms with van der Waals surface area (Å²) in [6.07, 6.45) is 3.36. The molecule has 2 aromatic heterocycles. The summed E-state index contributed by atoms with van der Waals surface area (Å²) in [5.74, 6) is 0.832. The Bertz CT molecular complexity index is 536. The molecular weight excluding hydrogens is 240 g/mol. The Morgan fingerprint density at radius 2 is 2.11 bits per heavy atom. The van der Waals surface area contributed by atoms with E-state index in [2.05, 4.69) is 10.1 Å². The predicted molar refractivity (Wildman–Crippen MR) is 74.1 cm³/mol. The molecule has 0 unspecified atom stereocenters. The second kappa shape index (κ2) is 6.33. The van der Waals surface area contributed by atoms with Crippen LogP contribution >= 0.6 is 0 Å². The number of nitrogens with zero attached hydrogens (tertiary/aromatic N) is 3. The van der Waals surface area contributed by atoms with Crippen LogP contribution in [0.15, 0.2) is 24.4 Å². The molecule has 0 fully saturated rings. The second-order valence-electron chi connectivity index (χ2n) is 4.48. The lowest BCUT2D eigenvalue weighted by Gasteiger charge is -2.11. The fourth-order valence-electron chi connectivity index (χ4n) is 1.96. The molecule has 0 aliphatic rings. The van der Waals surface area contributed by atoms with Gasteiger partial charge in [0.05, 0.1) is 12.3 Å². The van der Waals surface area contributed by atoms with Gasteiger partial charge >= 0.3 is 0 Å². The van der Waals surface area contributed by atoms with Crippen LogP contribution in [0.1, 0.15) is 17.1 Å². The molecule has 102 valence electrons. The Kier molecular flexibility index (Phi) is 4.52. The Morgan fingerprint density at radius 1 is 1.26 bits per heavy atom. The van der Waals surface area contributed by atoms with E-state index in [-0.39, 0.29) is 0 Å². The van der Waals surface area contributed by atoms with E-state index in [1.54, 1.807) is 6.20 Å². The first-order chi connectivity index (χ1) is 9.20. The molecule has 0 bridgehead atoms. The Labute approximate surface area is 113 Å². The molecule has 0 saturated carbocycles. The molecule has 0 aliphatic heterocycles. The number of nitrogens with two attached hydrogens (primary N) is 1. The van der Waals surface area contributed by atoms with Crippen LogP contribution < -0.4 is 10.5 Å². The third-order valence-electron chi connectivity index (χ3n) is 2.99. The van der Waals surface area contributed by atoms with Gasteiger partial charge in [-0.25, -0.2) is 0 Å². The molecule has 0 aliphatic carbocycles. The molecule has 0 atom stereocenters. The lowest BCUT2D eigenvalue weighted by molar-refractivity contribution is 0.313. The van der Waals surface area contributed by atoms with Crippen LogP contribution in [0.25, 0.3) is 0 Å². The number of ether oxygens (including phenoxy) is 1. The maximum Gasteiger partial charge on any atom is 0.140 e. The van der Waals surface area contributed by atoms with Crippen LogP contribution in [-0.2, 0) is 19.9 Å². The fourth-order valence-corrected chi connectivity index (χ4v) is 1.96. The van der Waals surface area contributed by atoms with Crippen LogP contribution in [0.2, 0.25) is 0 Å². The van der Waals surface area contributed by atoms with Crippen molar-refractivity contribution in [2.75, 3.05) is 13.2 Å². The largest absolute Gasteiger partial charge is 0.491 e. The van der Waals surface area contributed by atoms with Gasteiger partial charge in [-0.05, 0) is 31.7 Å². The monoisotopic (exact) mass is 260 g/mol. The predicted octanol–water partition coefficient (Wildman–Crippen LogP) is 1.25. The molecule has 0 aromatic carbocycles. The number of hydrogen-bond acceptors (Lipinski definition) is 4. The van der Waals surface area contributed by atoms with Crippen molar-refractivity contribution in [2.45, 2.75) is 19.8 Å². The van der Waals surface area contributed by atoms with Gasteiger partial charge in [-0.2, -0.15) is 5.10 Å². The Hall–Kier alpha value is -1.88. The molecule has 2 N–H and O–H groups in total. The third kappa shape index (κ3) is 3.54. The summed E-state index contributed by atoms with van der Waals surface area (Å²) in [7, 11) is 1.93. The van der Waals surface area contributed by atoms with Crippen molar-refractivity contribution < 1.29 is 4.74 Å². The van der Waals surface area contributed by atoms with Gasteiger partial charge in [0.2, 0.25) is 0 Å². The van der Waals surface area contributed by atoms with Crippen LogP contribution in [0.5, 0.6) is 5.75 Å². The van der Waals surface area contributed by atoms with Gasteiger partial charge in [0.15, 0.2) is 0 Å². The van der Waals surface area contributed by atoms with Gasteiger partial charge in [0, 0.05) is 37.5 Å². The van der Waals surface area contributed by atoms with Gasteiger partial charge in [-0.1, -0.05) is 0 Å². The highest BCUT2D eigenvalue weighted by atomic mass is 16.5. The Balaban J connectivity index is 1.97. The minimum atomic E-state index is 0.578. The average Bonchev–Trinajstić information content (AvgIpc) is 2.78. The minimum absolute atomic E-state index is 0.578. The standard InChI is InChI=1S/C14H20N4O/c1-11-3-4-14(13(17-11)5-8-15)19-10-7-12-6-9-16-18(12)2/h3-4,6,9H,5,7-8,10,15H2,1-2H3. The summed E-state index contributed by atoms with van der Waals surface area (Å²) in [5, 5.41) is 4.13. The molecule has 2 aromatic rings. The highest BCUT2D eigenvalue weighted by molar-refractivity contribution is 5.29. The molecule has 2 heterocycles. The van der Waals surface area contributed by atoms with E-state index in [1.165, 1.54) is 0 Å². The summed E-state index contributed by atoms with van der Waals surface area (Å²) in [4.78, 5) is 4.47. The van der Waals surface area contributed by atoms with Crippen LogP contribution in [0.4, 0.5) is 0 Å². The second-order valence-corrected chi connectivity index (χ2v) is 4.48. The van der Waals surface area contributed by atoms with Gasteiger partial charge in [-0.15, -0.1) is 0 Å². The lowest BCUT2D eigenvalue weighted by atomic mass is 10.2. The zero-order chi connectivity index (χ0) is 13.7. The number of pyridine rings is 1. The number of aryl methyl sites for hydroxylation is 2. The van der Waals surface area contributed by atoms with Gasteiger partial charge < -0.3 is 10.5 Å². The molecular formula is C14H20N4O. The number of aromatic nitrogens is 3. The Morgan fingerprint density at radius 3 is 2.79 bits per heavy atom. The molecule has 5 nitrogen and oxygen atoms in total. The van der Waals surface area contributed by atoms with Gasteiger partial charge in [0.1, 0.15) is 5.75 Å². The summed E-state index contributed by atoms with van der Waals surface area (Å²) in [6.45, 7) is 3.16. The number of hydrogen-bond donors (Lipinski definition) is 1. The van der Waals surface area contributed by atoms with E-state index in [1.807, 2.05) is 36.9 Å². The molecule has 5 heteroatoms. The van der Waals surface area contributed by atoms with E-state index < -0.39 is 0 Å². The normalized spacial score (nSPS) is 10.7. The molecule has 19 heavy (non-hydrogen) atoms. The quantitative estimate of drug-likeness (QED) is 0.848. The zero-order valence-corrected chi connectivity index (χ0v) is 11.5. The fraction of sp³-hybridized carbons (Fsp3) is 0.429. The minimum Gasteiger partial charge on any atom is -0.491 e. The van der Waals surface area contributed by atoms with E-state index in [9.17, 15) is 0 Å². The maximum absolute atomic E-state index is 5.81. The smallest absolute Gasteiger partial charge is 0.140 e. The van der Waals surface area contributed by atoms with E-state index >= 15 is 0 Å². The van der Waals surface area contributed by atoms with Crippen molar-refractivity contribution in [1.82, 2.24) is 14.8 Å². The van der Waals surface area contributed by atoms with Crippen molar-refractivity contribution >= 4 is 0 Å². The topological polar surface area (TPSA) is 66.0 Å². The first kappa shape index (κ1) is 13.5. The van der Waals surface area contributed by atoms with Crippen molar-refractivity contribution in [2.24, 2.45) is 12.8 Å². The molecule has 0 amide bonds. The van der Waals surface area contributed by atoms with E-state index in [0.29, 0.717) is 13.2 Å². The highest BCUT2D eigenvalue weighted by Crippen LogP contribution is 2.17. The lowest BCUT2D eigenvalue weighted by Crippen LogP contribution is -2.10. The van der Waals surface area contributed by atoms with Crippen molar-refractivity contribution in [3.8, 4) is 5.75 Å². The van der Waals surface area contributed by atoms with Crippen LogP contribution in [0, 0.1) is 6.92 Å². The summed E-state index contributed by atoms with van der Waals surface area (Å²) in [5.41, 5.74) is 8.68. The highest BCUT2D eigenvalue weighted by Gasteiger charge is 2.06. The average molecular weight is 260 g/mol. The van der Waals surface area contributed by atoms with Gasteiger partial charge in [0.25, 0.3) is 0 Å². The van der Waals surface area contributed by atoms with Crippen LogP contribution in [0.3, 0.4) is 0 Å². The first-order valence-electron chi connectivity index (χ1n) is 6.47. The zero-order valence-electron chi connectivity index (χ0n) is 11.5. The van der Waals surface area contributed by atoms with Gasteiger partial charge in [-0.3, -0.25) is 9.67 Å². The van der Waals surface area contributed by atoms with E-state index in [4.69, 9.17) is 10.5 Å². The van der Waals surface area contributed by atoms with Crippen LogP contribution in [-0.4, -0.2) is 27.9 Å². The SMILES string of the molecule is Cc1ccc(OCCc2ccnn2C)c(CCN)n1. The number of rotatable bonds is 6. The molecule has 2 rings (SSSR count). The van der Waals surface area contributed by atoms with E-state index in [0.717, 1.165) is 35.7 Å². The maximum atomic E-state index is 5.81. The van der Waals surface area contributed by atoms with Crippen molar-refractivity contribution in [3.05, 3.63) is 41.5 Å². The summed E-state index contributed by atoms with van der Waals surface area (Å²) < 4.78 is 7.67. The molecule has 0 spiro atoms. The summed E-state index contributed by atoms with van der Waals surface area (Å²) in [6, 6.07) is 5.92. The third-order valence-corrected chi connectivity index (χ3v) is 2.99. The van der Waals surface area contributed by atoms with Crippen molar-refractivity contribution in [3.63, 3.8) is 0 Å². The summed E-state index contributed by atoms with van der Waals surface area (Å²) >= 11 is 0.